The molecule has 150 valence electrons. The van der Waals surface area contributed by atoms with Gasteiger partial charge in [-0.1, -0.05) is 48.2 Å². The molecule has 0 aliphatic carbocycles. The van der Waals surface area contributed by atoms with Gasteiger partial charge >= 0.3 is 0 Å². The number of amides is 2. The number of amidine groups is 1. The maximum absolute atomic E-state index is 12.4. The molecule has 0 radical (unpaired) electrons. The zero-order valence-corrected chi connectivity index (χ0v) is 17.5. The van der Waals surface area contributed by atoms with Gasteiger partial charge in [0.2, 0.25) is 11.8 Å². The molecule has 0 aromatic heterocycles. The molecule has 0 bridgehead atoms. The Labute approximate surface area is 174 Å². The minimum Gasteiger partial charge on any atom is -0.366 e. The summed E-state index contributed by atoms with van der Waals surface area (Å²) in [6.07, 6.45) is 0. The molecular formula is C22H24N4O2S. The molecule has 1 heterocycles. The van der Waals surface area contributed by atoms with Crippen LogP contribution in [0.3, 0.4) is 0 Å². The fourth-order valence-corrected chi connectivity index (χ4v) is 4.04. The molecule has 2 aromatic carbocycles. The molecule has 3 rings (SSSR count). The van der Waals surface area contributed by atoms with Crippen LogP contribution in [-0.4, -0.2) is 22.7 Å². The van der Waals surface area contributed by atoms with Crippen molar-refractivity contribution in [3.8, 4) is 0 Å². The minimum atomic E-state index is -0.510. The number of carbonyl (C=O) groups excluding carboxylic acids is 2. The first kappa shape index (κ1) is 20.7. The third-order valence-electron chi connectivity index (χ3n) is 4.44. The smallest absolute Gasteiger partial charge is 0.248 e. The quantitative estimate of drug-likeness (QED) is 0.706. The van der Waals surface area contributed by atoms with Crippen LogP contribution in [-0.2, 0) is 9.59 Å². The number of aryl methyl sites for hydroxylation is 2. The van der Waals surface area contributed by atoms with E-state index in [0.29, 0.717) is 16.4 Å². The Morgan fingerprint density at radius 1 is 1.10 bits per heavy atom. The summed E-state index contributed by atoms with van der Waals surface area (Å²) in [5.74, 6) is -0.438. The highest BCUT2D eigenvalue weighted by Crippen LogP contribution is 2.31. The van der Waals surface area contributed by atoms with Crippen LogP contribution >= 0.6 is 11.8 Å². The van der Waals surface area contributed by atoms with Crippen LogP contribution in [0.4, 0.5) is 5.69 Å². The summed E-state index contributed by atoms with van der Waals surface area (Å²) in [6.45, 7) is 5.78. The summed E-state index contributed by atoms with van der Waals surface area (Å²) in [6, 6.07) is 14.9. The highest BCUT2D eigenvalue weighted by atomic mass is 32.2. The van der Waals surface area contributed by atoms with E-state index in [1.54, 1.807) is 6.92 Å². The Morgan fingerprint density at radius 3 is 2.38 bits per heavy atom. The Bertz CT molecular complexity index is 979. The predicted octanol–water partition coefficient (Wildman–Crippen LogP) is 3.43. The number of carbonyl (C=O) groups is 2. The van der Waals surface area contributed by atoms with E-state index in [-0.39, 0.29) is 11.7 Å². The van der Waals surface area contributed by atoms with Gasteiger partial charge in [-0.25, -0.2) is 4.99 Å². The van der Waals surface area contributed by atoms with Crippen molar-refractivity contribution in [2.24, 2.45) is 10.7 Å². The lowest BCUT2D eigenvalue weighted by atomic mass is 9.96. The first-order valence-corrected chi connectivity index (χ1v) is 10.2. The van der Waals surface area contributed by atoms with Crippen molar-refractivity contribution in [3.63, 3.8) is 0 Å². The van der Waals surface area contributed by atoms with Gasteiger partial charge in [0.25, 0.3) is 0 Å². The molecule has 29 heavy (non-hydrogen) atoms. The van der Waals surface area contributed by atoms with Gasteiger partial charge in [-0.2, -0.15) is 0 Å². The zero-order valence-electron chi connectivity index (χ0n) is 16.7. The van der Waals surface area contributed by atoms with Crippen LogP contribution in [0.2, 0.25) is 0 Å². The highest BCUT2D eigenvalue weighted by molar-refractivity contribution is 8.14. The lowest BCUT2D eigenvalue weighted by molar-refractivity contribution is -0.115. The highest BCUT2D eigenvalue weighted by Gasteiger charge is 2.28. The van der Waals surface area contributed by atoms with Gasteiger partial charge in [0, 0.05) is 11.4 Å². The first-order valence-electron chi connectivity index (χ1n) is 9.25. The third-order valence-corrected chi connectivity index (χ3v) is 5.33. The van der Waals surface area contributed by atoms with Gasteiger partial charge in [-0.3, -0.25) is 9.59 Å². The van der Waals surface area contributed by atoms with Gasteiger partial charge in [-0.05, 0) is 49.6 Å². The number of anilines is 1. The van der Waals surface area contributed by atoms with Crippen LogP contribution < -0.4 is 16.4 Å². The number of nitrogens with one attached hydrogen (secondary N) is 2. The third kappa shape index (κ3) is 5.26. The van der Waals surface area contributed by atoms with Crippen molar-refractivity contribution in [1.29, 1.82) is 0 Å². The molecule has 7 heteroatoms. The summed E-state index contributed by atoms with van der Waals surface area (Å²) in [5, 5.41) is 6.59. The number of nitrogens with two attached hydrogens (primary N) is 1. The Morgan fingerprint density at radius 2 is 1.76 bits per heavy atom. The van der Waals surface area contributed by atoms with Crippen LogP contribution in [0.1, 0.15) is 29.7 Å². The van der Waals surface area contributed by atoms with E-state index in [2.05, 4.69) is 21.7 Å². The Hall–Kier alpha value is -3.06. The van der Waals surface area contributed by atoms with Gasteiger partial charge in [0.15, 0.2) is 5.17 Å². The van der Waals surface area contributed by atoms with E-state index in [1.165, 1.54) is 11.8 Å². The second-order valence-corrected chi connectivity index (χ2v) is 7.95. The average Bonchev–Trinajstić information content (AvgIpc) is 2.65. The molecule has 0 unspecified atom stereocenters. The number of primary amides is 1. The van der Waals surface area contributed by atoms with Crippen LogP contribution in [0.25, 0.3) is 0 Å². The molecule has 1 aliphatic rings. The van der Waals surface area contributed by atoms with Gasteiger partial charge in [-0.15, -0.1) is 0 Å². The summed E-state index contributed by atoms with van der Waals surface area (Å²) < 4.78 is 0. The maximum Gasteiger partial charge on any atom is 0.248 e. The van der Waals surface area contributed by atoms with Crippen molar-refractivity contribution < 1.29 is 9.59 Å². The number of nitrogens with zero attached hydrogens (tertiary/aromatic N) is 1. The largest absolute Gasteiger partial charge is 0.366 e. The van der Waals surface area contributed by atoms with Crippen molar-refractivity contribution in [2.45, 2.75) is 26.8 Å². The molecule has 2 aromatic rings. The van der Waals surface area contributed by atoms with E-state index in [9.17, 15) is 9.59 Å². The second kappa shape index (κ2) is 8.96. The first-order chi connectivity index (χ1) is 13.8. The molecule has 0 saturated carbocycles. The van der Waals surface area contributed by atoms with E-state index < -0.39 is 11.9 Å². The molecule has 0 fully saturated rings. The van der Waals surface area contributed by atoms with Gasteiger partial charge in [0.05, 0.1) is 11.3 Å². The normalized spacial score (nSPS) is 16.1. The average molecular weight is 409 g/mol. The van der Waals surface area contributed by atoms with Crippen LogP contribution in [0, 0.1) is 13.8 Å². The second-order valence-electron chi connectivity index (χ2n) is 6.99. The monoisotopic (exact) mass is 408 g/mol. The SMILES string of the molecule is CC1=C(C(N)=O)[C@H](c2ccccc2)N=C(SCC(=O)Nc2cc(C)cc(C)c2)N1. The summed E-state index contributed by atoms with van der Waals surface area (Å²) in [4.78, 5) is 29.0. The molecule has 2 amide bonds. The fourth-order valence-electron chi connectivity index (χ4n) is 3.29. The number of thioether (sulfide) groups is 1. The lowest BCUT2D eigenvalue weighted by Gasteiger charge is -2.25. The molecule has 1 aliphatic heterocycles. The van der Waals surface area contributed by atoms with Crippen molar-refractivity contribution >= 4 is 34.4 Å². The van der Waals surface area contributed by atoms with Gasteiger partial charge in [0.1, 0.15) is 6.04 Å². The molecule has 1 atom stereocenters. The zero-order chi connectivity index (χ0) is 21.0. The van der Waals surface area contributed by atoms with E-state index in [1.807, 2.05) is 56.3 Å². The van der Waals surface area contributed by atoms with Gasteiger partial charge < -0.3 is 16.4 Å². The molecule has 0 saturated heterocycles. The minimum absolute atomic E-state index is 0.122. The molecular weight excluding hydrogens is 384 g/mol. The number of hydrogen-bond acceptors (Lipinski definition) is 5. The summed E-state index contributed by atoms with van der Waals surface area (Å²) >= 11 is 1.29. The Balaban J connectivity index is 1.72. The van der Waals surface area contributed by atoms with Crippen LogP contribution in [0.5, 0.6) is 0 Å². The number of allylic oxidation sites excluding steroid dienone is 1. The lowest BCUT2D eigenvalue weighted by Crippen LogP contribution is -2.33. The standard InChI is InChI=1S/C22H24N4O2S/c1-13-9-14(2)11-17(10-13)25-18(27)12-29-22-24-15(3)19(21(23)28)20(26-22)16-7-5-4-6-8-16/h4-11,20H,12H2,1-3H3,(H2,23,28)(H,24,26)(H,25,27)/t20-/m0/s1. The predicted molar refractivity (Wildman–Crippen MR) is 119 cm³/mol. The van der Waals surface area contributed by atoms with Crippen molar-refractivity contribution in [1.82, 2.24) is 5.32 Å². The summed E-state index contributed by atoms with van der Waals surface area (Å²) in [5.41, 5.74) is 10.5. The number of benzene rings is 2. The maximum atomic E-state index is 12.4. The van der Waals surface area contributed by atoms with E-state index in [0.717, 1.165) is 22.4 Å². The topological polar surface area (TPSA) is 96.6 Å². The molecule has 6 nitrogen and oxygen atoms in total. The number of aliphatic imine (C=N–C) groups is 1. The van der Waals surface area contributed by atoms with E-state index in [4.69, 9.17) is 5.73 Å². The molecule has 4 N–H and O–H groups in total. The Kier molecular flexibility index (Phi) is 6.39. The fraction of sp³-hybridized carbons (Fsp3) is 0.227. The number of rotatable bonds is 5. The van der Waals surface area contributed by atoms with Crippen LogP contribution in [0.15, 0.2) is 64.8 Å². The van der Waals surface area contributed by atoms with E-state index >= 15 is 0 Å². The molecule has 0 spiro atoms. The summed E-state index contributed by atoms with van der Waals surface area (Å²) in [7, 11) is 0. The van der Waals surface area contributed by atoms with Crippen molar-refractivity contribution in [2.75, 3.05) is 11.1 Å². The number of hydrogen-bond donors (Lipinski definition) is 3. The van der Waals surface area contributed by atoms with Crippen molar-refractivity contribution in [3.05, 3.63) is 76.5 Å².